The van der Waals surface area contributed by atoms with E-state index in [9.17, 15) is 9.59 Å². The molecule has 0 N–H and O–H groups in total. The topological polar surface area (TPSA) is 46.6 Å². The van der Waals surface area contributed by atoms with Gasteiger partial charge in [-0.2, -0.15) is 0 Å². The van der Waals surface area contributed by atoms with Gasteiger partial charge in [0.15, 0.2) is 5.78 Å². The molecule has 0 saturated carbocycles. The molecule has 1 heterocycles. The zero-order valence-corrected chi connectivity index (χ0v) is 13.9. The van der Waals surface area contributed by atoms with Gasteiger partial charge >= 0.3 is 6.09 Å². The predicted octanol–water partition coefficient (Wildman–Crippen LogP) is 3.73. The van der Waals surface area contributed by atoms with E-state index in [4.69, 9.17) is 16.3 Å². The summed E-state index contributed by atoms with van der Waals surface area (Å²) >= 11 is 5.77. The Balaban J connectivity index is 1.78. The van der Waals surface area contributed by atoms with Gasteiger partial charge in [0.25, 0.3) is 0 Å². The van der Waals surface area contributed by atoms with Crippen LogP contribution in [0.4, 0.5) is 4.79 Å². The maximum atomic E-state index is 12.5. The minimum absolute atomic E-state index is 0.137. The maximum Gasteiger partial charge on any atom is 0.410 e. The van der Waals surface area contributed by atoms with Crippen LogP contribution in [0.3, 0.4) is 0 Å². The van der Waals surface area contributed by atoms with E-state index in [1.54, 1.807) is 0 Å². The van der Waals surface area contributed by atoms with E-state index in [2.05, 4.69) is 0 Å². The second-order valence-electron chi connectivity index (χ2n) is 5.68. The summed E-state index contributed by atoms with van der Waals surface area (Å²) < 4.78 is 5.40. The molecule has 2 aromatic rings. The van der Waals surface area contributed by atoms with E-state index in [1.165, 1.54) is 4.90 Å². The lowest BCUT2D eigenvalue weighted by Gasteiger charge is -2.35. The fourth-order valence-electron chi connectivity index (χ4n) is 2.99. The average Bonchev–Trinajstić information content (AvgIpc) is 2.65. The first-order chi connectivity index (χ1) is 11.7. The van der Waals surface area contributed by atoms with Gasteiger partial charge in [0.1, 0.15) is 12.6 Å². The number of rotatable bonds is 4. The highest BCUT2D eigenvalue weighted by molar-refractivity contribution is 6.28. The molecule has 0 bridgehead atoms. The second-order valence-corrected chi connectivity index (χ2v) is 5.95. The fraction of sp³-hybridized carbons (Fsp3) is 0.263. The molecule has 1 aliphatic heterocycles. The Kier molecular flexibility index (Phi) is 5.16. The zero-order valence-electron chi connectivity index (χ0n) is 13.2. The van der Waals surface area contributed by atoms with Crippen molar-refractivity contribution in [3.05, 3.63) is 71.3 Å². The molecule has 5 heteroatoms. The summed E-state index contributed by atoms with van der Waals surface area (Å²) in [6.45, 7) is 0.623. The van der Waals surface area contributed by atoms with Crippen molar-refractivity contribution in [3.63, 3.8) is 0 Å². The lowest BCUT2D eigenvalue weighted by Crippen LogP contribution is -2.44. The van der Waals surface area contributed by atoms with Crippen molar-refractivity contribution in [1.29, 1.82) is 0 Å². The quantitative estimate of drug-likeness (QED) is 0.795. The number of amides is 1. The van der Waals surface area contributed by atoms with Crippen LogP contribution in [-0.4, -0.2) is 29.2 Å². The molecule has 24 heavy (non-hydrogen) atoms. The molecule has 124 valence electrons. The van der Waals surface area contributed by atoms with Crippen LogP contribution < -0.4 is 0 Å². The fourth-order valence-corrected chi connectivity index (χ4v) is 3.13. The normalized spacial score (nSPS) is 16.4. The maximum absolute atomic E-state index is 12.5. The lowest BCUT2D eigenvalue weighted by molar-refractivity contribution is -0.122. The minimum atomic E-state index is -0.671. The van der Waals surface area contributed by atoms with Gasteiger partial charge in [0, 0.05) is 6.54 Å². The molecule has 0 saturated heterocycles. The van der Waals surface area contributed by atoms with Crippen molar-refractivity contribution in [2.45, 2.75) is 19.1 Å². The number of carbonyl (C=O) groups is 2. The third-order valence-electron chi connectivity index (χ3n) is 4.16. The number of carbonyl (C=O) groups excluding carboxylic acids is 2. The van der Waals surface area contributed by atoms with Crippen LogP contribution in [0.25, 0.3) is 0 Å². The van der Waals surface area contributed by atoms with Crippen LogP contribution in [-0.2, 0) is 22.6 Å². The number of ketones is 1. The van der Waals surface area contributed by atoms with Crippen LogP contribution in [0.15, 0.2) is 54.6 Å². The van der Waals surface area contributed by atoms with Crippen LogP contribution in [0.2, 0.25) is 0 Å². The molecule has 3 rings (SSSR count). The Morgan fingerprint density at radius 2 is 1.79 bits per heavy atom. The molecule has 2 aromatic carbocycles. The molecular weight excluding hydrogens is 326 g/mol. The lowest BCUT2D eigenvalue weighted by atomic mass is 9.91. The molecule has 0 aromatic heterocycles. The summed E-state index contributed by atoms with van der Waals surface area (Å²) in [6, 6.07) is 16.5. The van der Waals surface area contributed by atoms with Crippen LogP contribution in [0.5, 0.6) is 0 Å². The third-order valence-corrected chi connectivity index (χ3v) is 4.42. The van der Waals surface area contributed by atoms with E-state index in [0.29, 0.717) is 13.0 Å². The van der Waals surface area contributed by atoms with Gasteiger partial charge in [0.05, 0.1) is 5.88 Å². The van der Waals surface area contributed by atoms with Crippen molar-refractivity contribution in [2.75, 3.05) is 12.4 Å². The summed E-state index contributed by atoms with van der Waals surface area (Å²) in [6.07, 6.45) is 0.208. The number of halogens is 1. The SMILES string of the molecule is O=C(CCl)C1c2ccccc2CCN1C(=O)OCc1ccccc1. The van der Waals surface area contributed by atoms with Crippen LogP contribution in [0, 0.1) is 0 Å². The highest BCUT2D eigenvalue weighted by Gasteiger charge is 2.35. The van der Waals surface area contributed by atoms with Crippen LogP contribution in [0.1, 0.15) is 22.7 Å². The number of benzene rings is 2. The molecule has 0 radical (unpaired) electrons. The van der Waals surface area contributed by atoms with Crippen LogP contribution >= 0.6 is 11.6 Å². The number of hydrogen-bond donors (Lipinski definition) is 0. The van der Waals surface area contributed by atoms with Gasteiger partial charge in [-0.1, -0.05) is 54.6 Å². The van der Waals surface area contributed by atoms with Gasteiger partial charge in [-0.25, -0.2) is 4.79 Å². The van der Waals surface area contributed by atoms with Gasteiger partial charge < -0.3 is 4.74 Å². The van der Waals surface area contributed by atoms with Gasteiger partial charge in [0.2, 0.25) is 0 Å². The first-order valence-corrected chi connectivity index (χ1v) is 8.38. The largest absolute Gasteiger partial charge is 0.445 e. The number of alkyl halides is 1. The standard InChI is InChI=1S/C19H18ClNO3/c20-12-17(22)18-16-9-5-4-8-15(16)10-11-21(18)19(23)24-13-14-6-2-1-3-7-14/h1-9,18H,10-13H2. The second kappa shape index (κ2) is 7.49. The molecular formula is C19H18ClNO3. The van der Waals surface area contributed by atoms with Gasteiger partial charge in [-0.15, -0.1) is 11.6 Å². The number of Topliss-reactive ketones (excluding diaryl/α,β-unsaturated/α-hetero) is 1. The van der Waals surface area contributed by atoms with Crippen molar-refractivity contribution in [3.8, 4) is 0 Å². The summed E-state index contributed by atoms with van der Waals surface area (Å²) in [4.78, 5) is 26.3. The summed E-state index contributed by atoms with van der Waals surface area (Å²) in [5.41, 5.74) is 2.82. The molecule has 0 fully saturated rings. The molecule has 1 aliphatic rings. The first kappa shape index (κ1) is 16.5. The van der Waals surface area contributed by atoms with Gasteiger partial charge in [-0.05, 0) is 23.1 Å². The average molecular weight is 344 g/mol. The summed E-state index contributed by atoms with van der Waals surface area (Å²) in [5.74, 6) is -0.331. The number of ether oxygens (including phenoxy) is 1. The van der Waals surface area contributed by atoms with Crippen molar-refractivity contribution < 1.29 is 14.3 Å². The summed E-state index contributed by atoms with van der Waals surface area (Å²) in [7, 11) is 0. The van der Waals surface area contributed by atoms with Crippen molar-refractivity contribution >= 4 is 23.5 Å². The highest BCUT2D eigenvalue weighted by Crippen LogP contribution is 2.31. The van der Waals surface area contributed by atoms with E-state index in [1.807, 2.05) is 54.6 Å². The van der Waals surface area contributed by atoms with Gasteiger partial charge in [-0.3, -0.25) is 9.69 Å². The first-order valence-electron chi connectivity index (χ1n) is 7.84. The minimum Gasteiger partial charge on any atom is -0.445 e. The van der Waals surface area contributed by atoms with E-state index >= 15 is 0 Å². The molecule has 4 nitrogen and oxygen atoms in total. The van der Waals surface area contributed by atoms with Crippen molar-refractivity contribution in [2.24, 2.45) is 0 Å². The van der Waals surface area contributed by atoms with E-state index < -0.39 is 12.1 Å². The zero-order chi connectivity index (χ0) is 16.9. The Hall–Kier alpha value is -2.33. The number of fused-ring (bicyclic) bond motifs is 1. The summed E-state index contributed by atoms with van der Waals surface area (Å²) in [5, 5.41) is 0. The Morgan fingerprint density at radius 1 is 1.08 bits per heavy atom. The highest BCUT2D eigenvalue weighted by atomic mass is 35.5. The van der Waals surface area contributed by atoms with Crippen molar-refractivity contribution in [1.82, 2.24) is 4.90 Å². The number of nitrogens with zero attached hydrogens (tertiary/aromatic N) is 1. The Labute approximate surface area is 146 Å². The monoisotopic (exact) mass is 343 g/mol. The Bertz CT molecular complexity index is 732. The molecule has 0 aliphatic carbocycles. The third kappa shape index (κ3) is 3.44. The molecule has 1 unspecified atom stereocenters. The molecule has 0 spiro atoms. The molecule has 1 amide bonds. The number of hydrogen-bond acceptors (Lipinski definition) is 3. The predicted molar refractivity (Wildman–Crippen MR) is 91.9 cm³/mol. The van der Waals surface area contributed by atoms with E-state index in [0.717, 1.165) is 16.7 Å². The van der Waals surface area contributed by atoms with E-state index in [-0.39, 0.29) is 18.3 Å². The smallest absolute Gasteiger partial charge is 0.410 e. The Morgan fingerprint density at radius 3 is 2.54 bits per heavy atom. The molecule has 1 atom stereocenters.